The molecule has 0 aliphatic carbocycles. The number of carbonyl (C=O) groups is 1. The number of hydrogen-bond donors (Lipinski definition) is 1. The molecule has 1 amide bonds. The Kier molecular flexibility index (Phi) is 5.00. The van der Waals surface area contributed by atoms with Crippen LogP contribution in [0.3, 0.4) is 0 Å². The van der Waals surface area contributed by atoms with E-state index < -0.39 is 0 Å². The van der Waals surface area contributed by atoms with Gasteiger partial charge in [0.15, 0.2) is 12.4 Å². The van der Waals surface area contributed by atoms with Crippen LogP contribution in [0.15, 0.2) is 48.7 Å². The number of benzene rings is 1. The Morgan fingerprint density at radius 1 is 1.24 bits per heavy atom. The highest BCUT2D eigenvalue weighted by Crippen LogP contribution is 2.21. The van der Waals surface area contributed by atoms with Crippen molar-refractivity contribution >= 4 is 23.3 Å². The van der Waals surface area contributed by atoms with Crippen molar-refractivity contribution in [2.45, 2.75) is 20.6 Å². The number of halogens is 1. The van der Waals surface area contributed by atoms with Gasteiger partial charge in [0.05, 0.1) is 0 Å². The summed E-state index contributed by atoms with van der Waals surface area (Å²) in [5.41, 5.74) is 2.06. The number of aryl methyl sites for hydroxylation is 2. The summed E-state index contributed by atoms with van der Waals surface area (Å²) >= 11 is 5.99. The summed E-state index contributed by atoms with van der Waals surface area (Å²) in [5.74, 6) is 0.860. The number of hydrogen-bond acceptors (Lipinski definition) is 4. The topological polar surface area (TPSA) is 69.0 Å². The molecule has 3 rings (SSSR count). The monoisotopic (exact) mass is 356 g/mol. The van der Waals surface area contributed by atoms with Gasteiger partial charge in [0, 0.05) is 16.9 Å². The van der Waals surface area contributed by atoms with Crippen molar-refractivity contribution in [3.8, 4) is 5.75 Å². The van der Waals surface area contributed by atoms with Crippen molar-refractivity contribution in [3.05, 3.63) is 70.6 Å². The van der Waals surface area contributed by atoms with E-state index in [4.69, 9.17) is 16.3 Å². The average molecular weight is 357 g/mol. The van der Waals surface area contributed by atoms with Crippen LogP contribution in [0.2, 0.25) is 5.02 Å². The SMILES string of the molecule is Cc1cccc(NC(=O)c2ccn(COc3ccc(Cl)c(C)c3)n2)n1. The summed E-state index contributed by atoms with van der Waals surface area (Å²) in [7, 11) is 0. The fraction of sp³-hybridized carbons (Fsp3) is 0.167. The maximum absolute atomic E-state index is 12.2. The molecule has 2 aromatic heterocycles. The molecular weight excluding hydrogens is 340 g/mol. The molecule has 0 radical (unpaired) electrons. The molecule has 0 aliphatic rings. The van der Waals surface area contributed by atoms with Crippen LogP contribution >= 0.6 is 11.6 Å². The first-order valence-electron chi connectivity index (χ1n) is 7.69. The molecule has 1 N–H and O–H groups in total. The molecule has 128 valence electrons. The highest BCUT2D eigenvalue weighted by Gasteiger charge is 2.11. The van der Waals surface area contributed by atoms with Gasteiger partial charge in [-0.25, -0.2) is 9.67 Å². The maximum Gasteiger partial charge on any atom is 0.277 e. The summed E-state index contributed by atoms with van der Waals surface area (Å²) in [6.45, 7) is 3.96. The Bertz CT molecular complexity index is 908. The minimum atomic E-state index is -0.320. The third-order valence-corrected chi connectivity index (χ3v) is 3.92. The van der Waals surface area contributed by atoms with E-state index in [0.717, 1.165) is 11.3 Å². The smallest absolute Gasteiger partial charge is 0.277 e. The standard InChI is InChI=1S/C18H17ClN4O2/c1-12-10-14(6-7-15(12)19)25-11-23-9-8-16(22-23)18(24)21-17-5-3-4-13(2)20-17/h3-10H,11H2,1-2H3,(H,20,21,24). The molecule has 0 saturated carbocycles. The van der Waals surface area contributed by atoms with Crippen LogP contribution in [-0.2, 0) is 6.73 Å². The van der Waals surface area contributed by atoms with Crippen molar-refractivity contribution in [3.63, 3.8) is 0 Å². The van der Waals surface area contributed by atoms with E-state index >= 15 is 0 Å². The lowest BCUT2D eigenvalue weighted by atomic mass is 10.2. The normalized spacial score (nSPS) is 10.5. The molecule has 0 aliphatic heterocycles. The van der Waals surface area contributed by atoms with E-state index in [-0.39, 0.29) is 12.6 Å². The van der Waals surface area contributed by atoms with Crippen molar-refractivity contribution in [1.82, 2.24) is 14.8 Å². The molecule has 0 atom stereocenters. The van der Waals surface area contributed by atoms with E-state index in [0.29, 0.717) is 22.3 Å². The minimum absolute atomic E-state index is 0.192. The van der Waals surface area contributed by atoms with Gasteiger partial charge in [0.2, 0.25) is 0 Å². The van der Waals surface area contributed by atoms with Crippen LogP contribution < -0.4 is 10.1 Å². The molecule has 6 nitrogen and oxygen atoms in total. The molecule has 0 bridgehead atoms. The van der Waals surface area contributed by atoms with Crippen molar-refractivity contribution in [1.29, 1.82) is 0 Å². The minimum Gasteiger partial charge on any atom is -0.471 e. The molecule has 7 heteroatoms. The largest absolute Gasteiger partial charge is 0.471 e. The van der Waals surface area contributed by atoms with Crippen molar-refractivity contribution in [2.75, 3.05) is 5.32 Å². The fourth-order valence-electron chi connectivity index (χ4n) is 2.20. The van der Waals surface area contributed by atoms with Crippen LogP contribution in [0.1, 0.15) is 21.7 Å². The van der Waals surface area contributed by atoms with Gasteiger partial charge >= 0.3 is 0 Å². The molecule has 0 fully saturated rings. The zero-order chi connectivity index (χ0) is 17.8. The molecule has 1 aromatic carbocycles. The zero-order valence-electron chi connectivity index (χ0n) is 13.9. The van der Waals surface area contributed by atoms with Gasteiger partial charge in [0.1, 0.15) is 11.6 Å². The molecule has 2 heterocycles. The number of amides is 1. The number of pyridine rings is 1. The van der Waals surface area contributed by atoms with Gasteiger partial charge in [-0.05, 0) is 55.8 Å². The Balaban J connectivity index is 1.61. The van der Waals surface area contributed by atoms with Crippen LogP contribution in [0.25, 0.3) is 0 Å². The Morgan fingerprint density at radius 2 is 2.08 bits per heavy atom. The number of carbonyl (C=O) groups excluding carboxylic acids is 1. The van der Waals surface area contributed by atoms with Gasteiger partial charge < -0.3 is 10.1 Å². The summed E-state index contributed by atoms with van der Waals surface area (Å²) in [4.78, 5) is 16.4. The Labute approximate surface area is 150 Å². The van der Waals surface area contributed by atoms with Crippen LogP contribution in [0.4, 0.5) is 5.82 Å². The predicted molar refractivity (Wildman–Crippen MR) is 96.0 cm³/mol. The highest BCUT2D eigenvalue weighted by atomic mass is 35.5. The van der Waals surface area contributed by atoms with Crippen molar-refractivity contribution < 1.29 is 9.53 Å². The van der Waals surface area contributed by atoms with E-state index in [1.165, 1.54) is 0 Å². The second kappa shape index (κ2) is 7.36. The molecule has 3 aromatic rings. The van der Waals surface area contributed by atoms with Gasteiger partial charge in [-0.2, -0.15) is 5.10 Å². The summed E-state index contributed by atoms with van der Waals surface area (Å²) in [6.07, 6.45) is 1.68. The summed E-state index contributed by atoms with van der Waals surface area (Å²) in [5, 5.41) is 7.62. The second-order valence-electron chi connectivity index (χ2n) is 5.54. The fourth-order valence-corrected chi connectivity index (χ4v) is 2.31. The van der Waals surface area contributed by atoms with Crippen LogP contribution in [-0.4, -0.2) is 20.7 Å². The quantitative estimate of drug-likeness (QED) is 0.754. The number of ether oxygens (including phenoxy) is 1. The zero-order valence-corrected chi connectivity index (χ0v) is 14.6. The third-order valence-electron chi connectivity index (χ3n) is 3.50. The number of rotatable bonds is 5. The maximum atomic E-state index is 12.2. The van der Waals surface area contributed by atoms with E-state index in [1.54, 1.807) is 35.1 Å². The lowest BCUT2D eigenvalue weighted by Gasteiger charge is -2.07. The van der Waals surface area contributed by atoms with Gasteiger partial charge in [-0.15, -0.1) is 0 Å². The number of nitrogens with one attached hydrogen (secondary N) is 1. The first kappa shape index (κ1) is 17.0. The van der Waals surface area contributed by atoms with Crippen molar-refractivity contribution in [2.24, 2.45) is 0 Å². The number of anilines is 1. The van der Waals surface area contributed by atoms with Crippen LogP contribution in [0, 0.1) is 13.8 Å². The number of nitrogens with zero attached hydrogens (tertiary/aromatic N) is 3. The molecule has 0 unspecified atom stereocenters. The highest BCUT2D eigenvalue weighted by molar-refractivity contribution is 6.31. The Hall–Kier alpha value is -2.86. The lowest BCUT2D eigenvalue weighted by molar-refractivity contribution is 0.102. The molecular formula is C18H17ClN4O2. The average Bonchev–Trinajstić information content (AvgIpc) is 3.05. The first-order valence-corrected chi connectivity index (χ1v) is 8.06. The second-order valence-corrected chi connectivity index (χ2v) is 5.95. The van der Waals surface area contributed by atoms with E-state index in [2.05, 4.69) is 15.4 Å². The molecule has 25 heavy (non-hydrogen) atoms. The molecule has 0 spiro atoms. The van der Waals surface area contributed by atoms with E-state index in [1.807, 2.05) is 32.0 Å². The number of aromatic nitrogens is 3. The summed E-state index contributed by atoms with van der Waals surface area (Å²) in [6, 6.07) is 12.5. The predicted octanol–water partition coefficient (Wildman–Crippen LogP) is 3.84. The summed E-state index contributed by atoms with van der Waals surface area (Å²) < 4.78 is 7.20. The molecule has 0 saturated heterocycles. The third kappa shape index (κ3) is 4.36. The Morgan fingerprint density at radius 3 is 2.84 bits per heavy atom. The first-order chi connectivity index (χ1) is 12.0. The van der Waals surface area contributed by atoms with E-state index in [9.17, 15) is 4.79 Å². The van der Waals surface area contributed by atoms with Gasteiger partial charge in [-0.1, -0.05) is 17.7 Å². The van der Waals surface area contributed by atoms with Gasteiger partial charge in [-0.3, -0.25) is 4.79 Å². The van der Waals surface area contributed by atoms with Gasteiger partial charge in [0.25, 0.3) is 5.91 Å². The lowest BCUT2D eigenvalue weighted by Crippen LogP contribution is -2.15. The van der Waals surface area contributed by atoms with Crippen LogP contribution in [0.5, 0.6) is 5.75 Å².